The van der Waals surface area contributed by atoms with Gasteiger partial charge in [-0.3, -0.25) is 9.52 Å². The van der Waals surface area contributed by atoms with Crippen molar-refractivity contribution in [3.63, 3.8) is 0 Å². The maximum Gasteiger partial charge on any atom is 0.257 e. The van der Waals surface area contributed by atoms with Gasteiger partial charge < -0.3 is 24.6 Å². The molecule has 0 atom stereocenters. The van der Waals surface area contributed by atoms with Gasteiger partial charge in [-0.15, -0.1) is 0 Å². The second-order valence-electron chi connectivity index (χ2n) is 10.3. The number of ether oxygens (including phenoxy) is 1. The number of piperidine rings is 1. The van der Waals surface area contributed by atoms with E-state index in [-0.39, 0.29) is 6.61 Å². The highest BCUT2D eigenvalue weighted by atomic mass is 32.2. The standard InChI is InChI=1S/C26H30FN5O5S/c27-19-3-4-20(23-24(19)32-11-13-37-16-22(32)29-23)28-25(34)18-2-1-17(30-38(35,36)14-12-33)15-21(18)31-9-7-26(5-6-26)8-10-31/h1-4,15,30,33H,5-14,16H2,(H,28,34). The summed E-state index contributed by atoms with van der Waals surface area (Å²) in [7, 11) is -3.73. The Bertz CT molecular complexity index is 1510. The van der Waals surface area contributed by atoms with Crippen LogP contribution in [-0.2, 0) is 27.9 Å². The van der Waals surface area contributed by atoms with Gasteiger partial charge in [-0.1, -0.05) is 0 Å². The maximum absolute atomic E-state index is 14.8. The van der Waals surface area contributed by atoms with Crippen LogP contribution in [0.15, 0.2) is 30.3 Å². The Hall–Kier alpha value is -3.22. The van der Waals surface area contributed by atoms with E-state index in [2.05, 4.69) is 19.9 Å². The maximum atomic E-state index is 14.8. The van der Waals surface area contributed by atoms with Crippen LogP contribution in [0.1, 0.15) is 41.9 Å². The molecule has 1 saturated carbocycles. The number of hydrogen-bond donors (Lipinski definition) is 3. The first-order chi connectivity index (χ1) is 18.3. The van der Waals surface area contributed by atoms with Crippen LogP contribution in [-0.4, -0.2) is 61.0 Å². The molecule has 2 aromatic carbocycles. The molecule has 6 rings (SSSR count). The van der Waals surface area contributed by atoms with Gasteiger partial charge in [0.2, 0.25) is 10.0 Å². The molecule has 1 aliphatic carbocycles. The topological polar surface area (TPSA) is 126 Å². The summed E-state index contributed by atoms with van der Waals surface area (Å²) < 4.78 is 49.0. The van der Waals surface area contributed by atoms with Crippen LogP contribution >= 0.6 is 0 Å². The van der Waals surface area contributed by atoms with Crippen molar-refractivity contribution in [1.29, 1.82) is 0 Å². The fraction of sp³-hybridized carbons (Fsp3) is 0.462. The average molecular weight is 544 g/mol. The number of fused-ring (bicyclic) bond motifs is 3. The third-order valence-corrected chi connectivity index (χ3v) is 9.13. The molecule has 1 spiro atoms. The lowest BCUT2D eigenvalue weighted by molar-refractivity contribution is 0.0829. The van der Waals surface area contributed by atoms with E-state index in [0.717, 1.165) is 25.9 Å². The summed E-state index contributed by atoms with van der Waals surface area (Å²) in [6.07, 6.45) is 4.51. The number of carbonyl (C=O) groups excluding carboxylic acids is 1. The molecule has 3 aliphatic rings. The number of nitrogens with zero attached hydrogens (tertiary/aromatic N) is 3. The van der Waals surface area contributed by atoms with Gasteiger partial charge in [-0.05, 0) is 61.4 Å². The zero-order valence-electron chi connectivity index (χ0n) is 20.9. The number of anilines is 3. The van der Waals surface area contributed by atoms with Crippen LogP contribution in [0.25, 0.3) is 11.0 Å². The number of carbonyl (C=O) groups is 1. The van der Waals surface area contributed by atoms with E-state index in [1.165, 1.54) is 31.0 Å². The molecule has 10 nitrogen and oxygen atoms in total. The molecule has 2 fully saturated rings. The van der Waals surface area contributed by atoms with Gasteiger partial charge in [-0.2, -0.15) is 0 Å². The highest BCUT2D eigenvalue weighted by Crippen LogP contribution is 2.54. The highest BCUT2D eigenvalue weighted by Gasteiger charge is 2.44. The Balaban J connectivity index is 1.33. The number of hydrogen-bond acceptors (Lipinski definition) is 7. The molecule has 1 aromatic heterocycles. The van der Waals surface area contributed by atoms with Gasteiger partial charge in [0, 0.05) is 19.6 Å². The van der Waals surface area contributed by atoms with Crippen molar-refractivity contribution in [3.05, 3.63) is 47.5 Å². The number of aromatic nitrogens is 2. The smallest absolute Gasteiger partial charge is 0.257 e. The first-order valence-corrected chi connectivity index (χ1v) is 14.5. The van der Waals surface area contributed by atoms with Gasteiger partial charge in [0.05, 0.1) is 41.6 Å². The molecular formula is C26H30FN5O5S. The third kappa shape index (κ3) is 4.72. The predicted octanol–water partition coefficient (Wildman–Crippen LogP) is 3.07. The summed E-state index contributed by atoms with van der Waals surface area (Å²) in [5.74, 6) is -0.626. The van der Waals surface area contributed by atoms with E-state index in [0.29, 0.717) is 58.1 Å². The summed E-state index contributed by atoms with van der Waals surface area (Å²) in [4.78, 5) is 20.3. The Labute approximate surface area is 219 Å². The van der Waals surface area contributed by atoms with Crippen LogP contribution in [0, 0.1) is 11.2 Å². The first-order valence-electron chi connectivity index (χ1n) is 12.8. The Morgan fingerprint density at radius 2 is 1.92 bits per heavy atom. The fourth-order valence-electron chi connectivity index (χ4n) is 5.50. The average Bonchev–Trinajstić information content (AvgIpc) is 3.52. The minimum Gasteiger partial charge on any atom is -0.395 e. The van der Waals surface area contributed by atoms with Crippen LogP contribution in [0.2, 0.25) is 0 Å². The molecule has 3 heterocycles. The molecule has 38 heavy (non-hydrogen) atoms. The van der Waals surface area contributed by atoms with E-state index in [9.17, 15) is 17.6 Å². The molecule has 0 radical (unpaired) electrons. The number of nitrogens with one attached hydrogen (secondary N) is 2. The molecule has 12 heteroatoms. The highest BCUT2D eigenvalue weighted by molar-refractivity contribution is 7.92. The molecular weight excluding hydrogens is 513 g/mol. The van der Waals surface area contributed by atoms with Gasteiger partial charge in [0.25, 0.3) is 5.91 Å². The summed E-state index contributed by atoms with van der Waals surface area (Å²) in [5, 5.41) is 12.0. The van der Waals surface area contributed by atoms with Gasteiger partial charge in [0.15, 0.2) is 0 Å². The van der Waals surface area contributed by atoms with Crippen LogP contribution < -0.4 is 14.9 Å². The SMILES string of the molecule is O=C(Nc1ccc(F)c2c1nc1n2CCOC1)c1ccc(NS(=O)(=O)CCO)cc1N1CCC2(CC1)CC2. The Morgan fingerprint density at radius 1 is 1.13 bits per heavy atom. The van der Waals surface area contributed by atoms with Crippen molar-refractivity contribution >= 4 is 44.0 Å². The molecule has 0 bridgehead atoms. The van der Waals surface area contributed by atoms with Crippen molar-refractivity contribution in [2.45, 2.75) is 38.8 Å². The lowest BCUT2D eigenvalue weighted by Gasteiger charge is -2.35. The number of rotatable bonds is 7. The molecule has 202 valence electrons. The van der Waals surface area contributed by atoms with Crippen LogP contribution in [0.3, 0.4) is 0 Å². The van der Waals surface area contributed by atoms with Gasteiger partial charge in [0.1, 0.15) is 29.3 Å². The quantitative estimate of drug-likeness (QED) is 0.418. The van der Waals surface area contributed by atoms with E-state index >= 15 is 0 Å². The number of imidazole rings is 1. The van der Waals surface area contributed by atoms with Gasteiger partial charge in [-0.25, -0.2) is 17.8 Å². The predicted molar refractivity (Wildman–Crippen MR) is 141 cm³/mol. The van der Waals surface area contributed by atoms with Crippen molar-refractivity contribution < 1.29 is 27.4 Å². The van der Waals surface area contributed by atoms with Gasteiger partial charge >= 0.3 is 0 Å². The summed E-state index contributed by atoms with van der Waals surface area (Å²) in [5.41, 5.74) is 2.83. The Kier molecular flexibility index (Phi) is 6.28. The Morgan fingerprint density at radius 3 is 2.66 bits per heavy atom. The number of aliphatic hydroxyl groups excluding tert-OH is 1. The first kappa shape index (κ1) is 25.1. The molecule has 1 saturated heterocycles. The minimum absolute atomic E-state index is 0.274. The lowest BCUT2D eigenvalue weighted by Crippen LogP contribution is -2.35. The van der Waals surface area contributed by atoms with Crippen molar-refractivity contribution in [2.24, 2.45) is 5.41 Å². The molecule has 3 aromatic rings. The van der Waals surface area contributed by atoms with E-state index < -0.39 is 34.1 Å². The monoisotopic (exact) mass is 543 g/mol. The normalized spacial score (nSPS) is 18.4. The summed E-state index contributed by atoms with van der Waals surface area (Å²) >= 11 is 0. The second kappa shape index (κ2) is 9.51. The summed E-state index contributed by atoms with van der Waals surface area (Å²) in [6.45, 7) is 2.25. The number of benzene rings is 2. The van der Waals surface area contributed by atoms with E-state index in [4.69, 9.17) is 9.84 Å². The van der Waals surface area contributed by atoms with Crippen molar-refractivity contribution in [3.8, 4) is 0 Å². The fourth-order valence-corrected chi connectivity index (χ4v) is 6.33. The summed E-state index contributed by atoms with van der Waals surface area (Å²) in [6, 6.07) is 7.62. The second-order valence-corrected chi connectivity index (χ2v) is 12.2. The third-order valence-electron chi connectivity index (χ3n) is 7.86. The zero-order valence-corrected chi connectivity index (χ0v) is 21.7. The number of sulfonamides is 1. The molecule has 0 unspecified atom stereocenters. The lowest BCUT2D eigenvalue weighted by atomic mass is 9.93. The van der Waals surface area contributed by atoms with Crippen LogP contribution in [0.5, 0.6) is 0 Å². The molecule has 1 amide bonds. The van der Waals surface area contributed by atoms with E-state index in [1.54, 1.807) is 16.7 Å². The van der Waals surface area contributed by atoms with Crippen LogP contribution in [0.4, 0.5) is 21.5 Å². The minimum atomic E-state index is -3.73. The van der Waals surface area contributed by atoms with Crippen molar-refractivity contribution in [1.82, 2.24) is 9.55 Å². The number of aliphatic hydroxyl groups is 1. The zero-order chi connectivity index (χ0) is 26.5. The number of halogens is 1. The van der Waals surface area contributed by atoms with E-state index in [1.807, 2.05) is 0 Å². The van der Waals surface area contributed by atoms with Crippen molar-refractivity contribution in [2.75, 3.05) is 47.0 Å². The number of amides is 1. The molecule has 2 aliphatic heterocycles. The molecule has 3 N–H and O–H groups in total. The largest absolute Gasteiger partial charge is 0.395 e.